The summed E-state index contributed by atoms with van der Waals surface area (Å²) in [4.78, 5) is 14.6. The highest BCUT2D eigenvalue weighted by atomic mass is 16.7. The van der Waals surface area contributed by atoms with E-state index in [4.69, 9.17) is 9.47 Å². The number of nitrogens with zero attached hydrogens (tertiary/aromatic N) is 2. The van der Waals surface area contributed by atoms with Crippen LogP contribution in [0.4, 0.5) is 0 Å². The molecule has 0 aromatic carbocycles. The third kappa shape index (κ3) is 2.30. The maximum atomic E-state index is 12.7. The molecular formula is C17H20N2O3. The summed E-state index contributed by atoms with van der Waals surface area (Å²) < 4.78 is 13.7. The number of piperidine rings is 1. The van der Waals surface area contributed by atoms with Crippen LogP contribution in [0.5, 0.6) is 0 Å². The largest absolute Gasteiger partial charge is 0.347 e. The minimum atomic E-state index is -0.457. The van der Waals surface area contributed by atoms with Gasteiger partial charge >= 0.3 is 0 Å². The van der Waals surface area contributed by atoms with Crippen LogP contribution in [0.25, 0.3) is 5.52 Å². The molecule has 116 valence electrons. The number of amides is 1. The van der Waals surface area contributed by atoms with Crippen molar-refractivity contribution < 1.29 is 14.3 Å². The summed E-state index contributed by atoms with van der Waals surface area (Å²) in [6, 6.07) is 7.88. The average Bonchev–Trinajstić information content (AvgIpc) is 3.11. The van der Waals surface area contributed by atoms with E-state index in [1.807, 2.05) is 52.9 Å². The quantitative estimate of drug-likeness (QED) is 0.811. The first-order chi connectivity index (χ1) is 10.7. The fourth-order valence-electron chi connectivity index (χ4n) is 3.37. The fourth-order valence-corrected chi connectivity index (χ4v) is 3.37. The third-order valence-corrected chi connectivity index (χ3v) is 4.56. The third-order valence-electron chi connectivity index (χ3n) is 4.56. The minimum Gasteiger partial charge on any atom is -0.347 e. The lowest BCUT2D eigenvalue weighted by molar-refractivity contribution is -0.189. The first kappa shape index (κ1) is 13.8. The topological polar surface area (TPSA) is 43.2 Å². The van der Waals surface area contributed by atoms with Crippen LogP contribution in [0.1, 0.15) is 30.1 Å². The molecule has 4 rings (SSSR count). The summed E-state index contributed by atoms with van der Waals surface area (Å²) in [5.41, 5.74) is 1.78. The Morgan fingerprint density at radius 2 is 2.14 bits per heavy atom. The number of fused-ring (bicyclic) bond motifs is 1. The molecule has 2 saturated heterocycles. The van der Waals surface area contributed by atoms with Crippen molar-refractivity contribution in [2.75, 3.05) is 19.7 Å². The summed E-state index contributed by atoms with van der Waals surface area (Å²) >= 11 is 0. The van der Waals surface area contributed by atoms with Crippen LogP contribution >= 0.6 is 0 Å². The molecule has 2 aliphatic heterocycles. The number of carbonyl (C=O) groups is 1. The Kier molecular flexibility index (Phi) is 3.20. The van der Waals surface area contributed by atoms with Gasteiger partial charge < -0.3 is 18.8 Å². The number of likely N-dealkylation sites (tertiary alicyclic amines) is 1. The van der Waals surface area contributed by atoms with Gasteiger partial charge in [0, 0.05) is 43.8 Å². The van der Waals surface area contributed by atoms with E-state index in [-0.39, 0.29) is 12.0 Å². The first-order valence-corrected chi connectivity index (χ1v) is 7.83. The predicted molar refractivity (Wildman–Crippen MR) is 81.8 cm³/mol. The van der Waals surface area contributed by atoms with Crippen molar-refractivity contribution in [3.8, 4) is 0 Å². The minimum absolute atomic E-state index is 0.0876. The lowest BCUT2D eigenvalue weighted by Crippen LogP contribution is -2.47. The van der Waals surface area contributed by atoms with Gasteiger partial charge in [0.05, 0.1) is 18.3 Å². The number of hydrogen-bond acceptors (Lipinski definition) is 3. The molecule has 0 N–H and O–H groups in total. The van der Waals surface area contributed by atoms with Crippen molar-refractivity contribution in [1.29, 1.82) is 0 Å². The standard InChI is InChI=1S/C17H20N2O3/c1-13-12-21-17(22-13)5-8-18(9-6-17)16(20)14-10-15-4-2-3-7-19(15)11-14/h2-4,7,10-11,13H,5-6,8-9,12H2,1H3/t13-/m1/s1. The van der Waals surface area contributed by atoms with E-state index >= 15 is 0 Å². The maximum Gasteiger partial charge on any atom is 0.255 e. The van der Waals surface area contributed by atoms with Crippen LogP contribution in [0.2, 0.25) is 0 Å². The fraction of sp³-hybridized carbons (Fsp3) is 0.471. The molecule has 2 aromatic heterocycles. The first-order valence-electron chi connectivity index (χ1n) is 7.83. The SMILES string of the molecule is C[C@@H]1COC2(CCN(C(=O)c3cc4ccccn4c3)CC2)O1. The average molecular weight is 300 g/mol. The van der Waals surface area contributed by atoms with Gasteiger partial charge in [-0.1, -0.05) is 6.07 Å². The van der Waals surface area contributed by atoms with E-state index in [1.54, 1.807) is 0 Å². The van der Waals surface area contributed by atoms with Crippen molar-refractivity contribution >= 4 is 11.4 Å². The van der Waals surface area contributed by atoms with E-state index in [0.29, 0.717) is 19.7 Å². The number of ether oxygens (including phenoxy) is 2. The van der Waals surface area contributed by atoms with Crippen molar-refractivity contribution in [2.24, 2.45) is 0 Å². The van der Waals surface area contributed by atoms with E-state index in [9.17, 15) is 4.79 Å². The van der Waals surface area contributed by atoms with Crippen molar-refractivity contribution in [3.05, 3.63) is 42.2 Å². The van der Waals surface area contributed by atoms with Crippen LogP contribution < -0.4 is 0 Å². The molecule has 0 unspecified atom stereocenters. The number of pyridine rings is 1. The van der Waals surface area contributed by atoms with E-state index < -0.39 is 5.79 Å². The normalized spacial score (nSPS) is 24.2. The molecule has 2 aromatic rings. The van der Waals surface area contributed by atoms with Gasteiger partial charge in [0.15, 0.2) is 5.79 Å². The monoisotopic (exact) mass is 300 g/mol. The maximum absolute atomic E-state index is 12.7. The van der Waals surface area contributed by atoms with Gasteiger partial charge in [-0.2, -0.15) is 0 Å². The molecule has 1 atom stereocenters. The summed E-state index contributed by atoms with van der Waals surface area (Å²) in [5.74, 6) is -0.369. The van der Waals surface area contributed by atoms with Gasteiger partial charge in [-0.3, -0.25) is 4.79 Å². The van der Waals surface area contributed by atoms with Crippen molar-refractivity contribution in [3.63, 3.8) is 0 Å². The van der Waals surface area contributed by atoms with Gasteiger partial charge in [-0.05, 0) is 25.1 Å². The lowest BCUT2D eigenvalue weighted by Gasteiger charge is -2.37. The molecule has 0 radical (unpaired) electrons. The Hall–Kier alpha value is -1.85. The zero-order chi connectivity index (χ0) is 15.2. The molecular weight excluding hydrogens is 280 g/mol. The van der Waals surface area contributed by atoms with Crippen molar-refractivity contribution in [1.82, 2.24) is 9.30 Å². The summed E-state index contributed by atoms with van der Waals surface area (Å²) in [5, 5.41) is 0. The molecule has 2 aliphatic rings. The van der Waals surface area contributed by atoms with Gasteiger partial charge in [0.25, 0.3) is 5.91 Å². The Labute approximate surface area is 129 Å². The molecule has 1 amide bonds. The summed E-state index contributed by atoms with van der Waals surface area (Å²) in [6.45, 7) is 4.04. The second kappa shape index (κ2) is 5.11. The highest BCUT2D eigenvalue weighted by Gasteiger charge is 2.43. The van der Waals surface area contributed by atoms with E-state index in [2.05, 4.69) is 0 Å². The molecule has 5 heteroatoms. The van der Waals surface area contributed by atoms with E-state index in [0.717, 1.165) is 23.9 Å². The Morgan fingerprint density at radius 3 is 2.82 bits per heavy atom. The summed E-state index contributed by atoms with van der Waals surface area (Å²) in [6.07, 6.45) is 5.50. The zero-order valence-corrected chi connectivity index (χ0v) is 12.7. The van der Waals surface area contributed by atoms with E-state index in [1.165, 1.54) is 0 Å². The predicted octanol–water partition coefficient (Wildman–Crippen LogP) is 2.31. The van der Waals surface area contributed by atoms with Crippen LogP contribution in [0.3, 0.4) is 0 Å². The number of carbonyl (C=O) groups excluding carboxylic acids is 1. The van der Waals surface area contributed by atoms with Gasteiger partial charge in [0.2, 0.25) is 0 Å². The second-order valence-electron chi connectivity index (χ2n) is 6.20. The Balaban J connectivity index is 1.48. The molecule has 1 spiro atoms. The van der Waals surface area contributed by atoms with Gasteiger partial charge in [-0.25, -0.2) is 0 Å². The molecule has 0 aliphatic carbocycles. The molecule has 0 bridgehead atoms. The molecule has 22 heavy (non-hydrogen) atoms. The lowest BCUT2D eigenvalue weighted by atomic mass is 10.0. The molecule has 2 fully saturated rings. The van der Waals surface area contributed by atoms with Gasteiger partial charge in [-0.15, -0.1) is 0 Å². The number of hydrogen-bond donors (Lipinski definition) is 0. The smallest absolute Gasteiger partial charge is 0.255 e. The zero-order valence-electron chi connectivity index (χ0n) is 12.7. The summed E-state index contributed by atoms with van der Waals surface area (Å²) in [7, 11) is 0. The van der Waals surface area contributed by atoms with Crippen LogP contribution in [0.15, 0.2) is 36.7 Å². The van der Waals surface area contributed by atoms with Crippen LogP contribution in [-0.2, 0) is 9.47 Å². The molecule has 5 nitrogen and oxygen atoms in total. The van der Waals surface area contributed by atoms with Crippen LogP contribution in [0, 0.1) is 0 Å². The second-order valence-corrected chi connectivity index (χ2v) is 6.20. The molecule has 4 heterocycles. The number of rotatable bonds is 1. The van der Waals surface area contributed by atoms with Gasteiger partial charge in [0.1, 0.15) is 0 Å². The Bertz CT molecular complexity index is 668. The highest BCUT2D eigenvalue weighted by Crippen LogP contribution is 2.34. The Morgan fingerprint density at radius 1 is 1.32 bits per heavy atom. The molecule has 0 saturated carbocycles. The van der Waals surface area contributed by atoms with Crippen molar-refractivity contribution in [2.45, 2.75) is 31.7 Å². The van der Waals surface area contributed by atoms with Crippen LogP contribution in [-0.4, -0.2) is 46.8 Å². The highest BCUT2D eigenvalue weighted by molar-refractivity contribution is 5.95. The number of aromatic nitrogens is 1.